The van der Waals surface area contributed by atoms with Crippen molar-refractivity contribution in [2.75, 3.05) is 6.61 Å². The maximum absolute atomic E-state index is 7.57. The first-order valence-electron chi connectivity index (χ1n) is 5.23. The Kier molecular flexibility index (Phi) is 10.9. The van der Waals surface area contributed by atoms with Crippen LogP contribution in [0.15, 0.2) is 0 Å². The van der Waals surface area contributed by atoms with Gasteiger partial charge < -0.3 is 5.11 Å². The summed E-state index contributed by atoms with van der Waals surface area (Å²) in [7, 11) is 0. The lowest BCUT2D eigenvalue weighted by molar-refractivity contribution is 0.318. The SMILES string of the molecule is CC.CC1(C)CCCC1.CCO. The van der Waals surface area contributed by atoms with Gasteiger partial charge >= 0.3 is 0 Å². The van der Waals surface area contributed by atoms with E-state index in [2.05, 4.69) is 13.8 Å². The number of aliphatic hydroxyl groups excluding tert-OH is 1. The Morgan fingerprint density at radius 1 is 1.08 bits per heavy atom. The minimum atomic E-state index is 0.250. The molecule has 0 aliphatic heterocycles. The van der Waals surface area contributed by atoms with Crippen molar-refractivity contribution in [3.8, 4) is 0 Å². The molecule has 0 amide bonds. The largest absolute Gasteiger partial charge is 0.397 e. The smallest absolute Gasteiger partial charge is 0.0402 e. The maximum atomic E-state index is 7.57. The molecule has 1 heteroatoms. The van der Waals surface area contributed by atoms with Gasteiger partial charge in [0, 0.05) is 6.61 Å². The van der Waals surface area contributed by atoms with Gasteiger partial charge in [0.2, 0.25) is 0 Å². The molecular weight excluding hydrogens is 148 g/mol. The quantitative estimate of drug-likeness (QED) is 0.595. The fraction of sp³-hybridized carbons (Fsp3) is 1.00. The van der Waals surface area contributed by atoms with Crippen molar-refractivity contribution in [2.24, 2.45) is 5.41 Å². The van der Waals surface area contributed by atoms with Crippen LogP contribution in [0.25, 0.3) is 0 Å². The first kappa shape index (κ1) is 14.5. The Morgan fingerprint density at radius 3 is 1.42 bits per heavy atom. The van der Waals surface area contributed by atoms with Crippen LogP contribution >= 0.6 is 0 Å². The van der Waals surface area contributed by atoms with Gasteiger partial charge in [-0.3, -0.25) is 0 Å². The van der Waals surface area contributed by atoms with Gasteiger partial charge in [0.25, 0.3) is 0 Å². The second-order valence-electron chi connectivity index (χ2n) is 3.69. The monoisotopic (exact) mass is 174 g/mol. The number of aliphatic hydroxyl groups is 1. The summed E-state index contributed by atoms with van der Waals surface area (Å²) in [6.07, 6.45) is 5.83. The Labute approximate surface area is 78.2 Å². The second-order valence-corrected chi connectivity index (χ2v) is 3.69. The van der Waals surface area contributed by atoms with Crippen LogP contribution < -0.4 is 0 Å². The lowest BCUT2D eigenvalue weighted by atomic mass is 9.92. The van der Waals surface area contributed by atoms with Gasteiger partial charge in [-0.25, -0.2) is 0 Å². The predicted octanol–water partition coefficient (Wildman–Crippen LogP) is 3.61. The first-order valence-corrected chi connectivity index (χ1v) is 5.23. The van der Waals surface area contributed by atoms with E-state index >= 15 is 0 Å². The van der Waals surface area contributed by atoms with Crippen molar-refractivity contribution >= 4 is 0 Å². The van der Waals surface area contributed by atoms with E-state index < -0.39 is 0 Å². The van der Waals surface area contributed by atoms with E-state index in [1.54, 1.807) is 6.92 Å². The zero-order valence-electron chi connectivity index (χ0n) is 9.48. The average molecular weight is 174 g/mol. The molecule has 76 valence electrons. The lowest BCUT2D eigenvalue weighted by Gasteiger charge is -2.13. The van der Waals surface area contributed by atoms with E-state index in [1.807, 2.05) is 13.8 Å². The van der Waals surface area contributed by atoms with E-state index in [0.717, 1.165) is 0 Å². The molecule has 1 aliphatic carbocycles. The number of hydrogen-bond acceptors (Lipinski definition) is 1. The molecule has 0 unspecified atom stereocenters. The molecule has 0 aromatic rings. The molecule has 1 nitrogen and oxygen atoms in total. The first-order chi connectivity index (χ1) is 5.62. The highest BCUT2D eigenvalue weighted by atomic mass is 16.2. The van der Waals surface area contributed by atoms with Crippen LogP contribution in [0, 0.1) is 5.41 Å². The molecule has 0 spiro atoms. The van der Waals surface area contributed by atoms with Crippen molar-refractivity contribution in [3.63, 3.8) is 0 Å². The van der Waals surface area contributed by atoms with Gasteiger partial charge in [-0.15, -0.1) is 0 Å². The highest BCUT2D eigenvalue weighted by Gasteiger charge is 2.21. The summed E-state index contributed by atoms with van der Waals surface area (Å²) < 4.78 is 0. The van der Waals surface area contributed by atoms with Gasteiger partial charge in [-0.2, -0.15) is 0 Å². The summed E-state index contributed by atoms with van der Waals surface area (Å²) in [5.74, 6) is 0. The molecule has 1 fully saturated rings. The Bertz CT molecular complexity index is 69.1. The van der Waals surface area contributed by atoms with Crippen molar-refractivity contribution in [1.82, 2.24) is 0 Å². The summed E-state index contributed by atoms with van der Waals surface area (Å²) in [5, 5.41) is 7.57. The van der Waals surface area contributed by atoms with Crippen LogP contribution in [0.2, 0.25) is 0 Å². The molecule has 1 aliphatic rings. The third kappa shape index (κ3) is 9.96. The summed E-state index contributed by atoms with van der Waals surface area (Å²) in [6, 6.07) is 0. The Hall–Kier alpha value is -0.0400. The molecule has 0 aromatic heterocycles. The molecule has 0 heterocycles. The minimum Gasteiger partial charge on any atom is -0.397 e. The van der Waals surface area contributed by atoms with E-state index in [1.165, 1.54) is 25.7 Å². The standard InChI is InChI=1S/C7H14.C2H6O.C2H6/c1-7(2)5-3-4-6-7;1-2-3;1-2/h3-6H2,1-2H3;3H,2H2,1H3;1-2H3. The van der Waals surface area contributed by atoms with Gasteiger partial charge in [0.05, 0.1) is 0 Å². The number of hydrogen-bond donors (Lipinski definition) is 1. The Morgan fingerprint density at radius 2 is 1.33 bits per heavy atom. The van der Waals surface area contributed by atoms with Crippen LogP contribution in [0.3, 0.4) is 0 Å². The van der Waals surface area contributed by atoms with Crippen LogP contribution in [-0.4, -0.2) is 11.7 Å². The lowest BCUT2D eigenvalue weighted by Crippen LogP contribution is -2.01. The molecule has 0 atom stereocenters. The molecular formula is C11H26O. The van der Waals surface area contributed by atoms with Crippen molar-refractivity contribution < 1.29 is 5.11 Å². The normalized spacial score (nSPS) is 18.5. The predicted molar refractivity (Wildman–Crippen MR) is 56.4 cm³/mol. The molecule has 0 aromatic carbocycles. The minimum absolute atomic E-state index is 0.250. The van der Waals surface area contributed by atoms with Gasteiger partial charge in [0.15, 0.2) is 0 Å². The van der Waals surface area contributed by atoms with Crippen LogP contribution in [0.5, 0.6) is 0 Å². The second kappa shape index (κ2) is 9.05. The molecule has 0 saturated heterocycles. The van der Waals surface area contributed by atoms with E-state index in [4.69, 9.17) is 5.11 Å². The summed E-state index contributed by atoms with van der Waals surface area (Å²) in [5.41, 5.74) is 0.694. The molecule has 12 heavy (non-hydrogen) atoms. The van der Waals surface area contributed by atoms with E-state index in [0.29, 0.717) is 5.41 Å². The average Bonchev–Trinajstić information content (AvgIpc) is 2.40. The maximum Gasteiger partial charge on any atom is 0.0402 e. The van der Waals surface area contributed by atoms with Crippen molar-refractivity contribution in [2.45, 2.75) is 60.3 Å². The third-order valence-electron chi connectivity index (χ3n) is 1.96. The van der Waals surface area contributed by atoms with Crippen molar-refractivity contribution in [1.29, 1.82) is 0 Å². The fourth-order valence-electron chi connectivity index (χ4n) is 1.33. The highest BCUT2D eigenvalue weighted by molar-refractivity contribution is 4.74. The fourth-order valence-corrected chi connectivity index (χ4v) is 1.33. The third-order valence-corrected chi connectivity index (χ3v) is 1.96. The van der Waals surface area contributed by atoms with E-state index in [9.17, 15) is 0 Å². The summed E-state index contributed by atoms with van der Waals surface area (Å²) in [6.45, 7) is 10.7. The van der Waals surface area contributed by atoms with Crippen molar-refractivity contribution in [3.05, 3.63) is 0 Å². The van der Waals surface area contributed by atoms with E-state index in [-0.39, 0.29) is 6.61 Å². The van der Waals surface area contributed by atoms with Gasteiger partial charge in [-0.05, 0) is 25.2 Å². The molecule has 1 saturated carbocycles. The van der Waals surface area contributed by atoms with Crippen LogP contribution in [-0.2, 0) is 0 Å². The molecule has 0 bridgehead atoms. The zero-order valence-corrected chi connectivity index (χ0v) is 9.48. The van der Waals surface area contributed by atoms with Gasteiger partial charge in [-0.1, -0.05) is 40.5 Å². The Balaban J connectivity index is 0. The topological polar surface area (TPSA) is 20.2 Å². The highest BCUT2D eigenvalue weighted by Crippen LogP contribution is 2.36. The van der Waals surface area contributed by atoms with Crippen LogP contribution in [0.1, 0.15) is 60.3 Å². The van der Waals surface area contributed by atoms with Crippen LogP contribution in [0.4, 0.5) is 0 Å². The molecule has 0 radical (unpaired) electrons. The molecule has 1 rings (SSSR count). The van der Waals surface area contributed by atoms with Gasteiger partial charge in [0.1, 0.15) is 0 Å². The summed E-state index contributed by atoms with van der Waals surface area (Å²) in [4.78, 5) is 0. The zero-order chi connectivity index (χ0) is 10.0. The molecule has 1 N–H and O–H groups in total. The number of rotatable bonds is 0. The summed E-state index contributed by atoms with van der Waals surface area (Å²) >= 11 is 0.